The standard InChI is InChI=1S/C18H23N3O2/c1-13-4-6-15(7-5-13)23-17-11-14(8-10-20-17)12-21-18(22)16-3-2-9-19-16/h2-3,8-11,13,15,19H,4-7,12H2,1H3,(H,21,22). The van der Waals surface area contributed by atoms with Crippen LogP contribution in [-0.4, -0.2) is 22.0 Å². The van der Waals surface area contributed by atoms with Crippen LogP contribution in [0.2, 0.25) is 0 Å². The van der Waals surface area contributed by atoms with Crippen molar-refractivity contribution in [1.29, 1.82) is 0 Å². The van der Waals surface area contributed by atoms with Crippen molar-refractivity contribution in [1.82, 2.24) is 15.3 Å². The summed E-state index contributed by atoms with van der Waals surface area (Å²) in [5.74, 6) is 1.34. The molecule has 0 spiro atoms. The van der Waals surface area contributed by atoms with Gasteiger partial charge in [0.05, 0.1) is 0 Å². The number of aromatic nitrogens is 2. The second-order valence-electron chi connectivity index (χ2n) is 6.27. The average Bonchev–Trinajstić information content (AvgIpc) is 3.10. The van der Waals surface area contributed by atoms with Crippen LogP contribution in [0.3, 0.4) is 0 Å². The second-order valence-corrected chi connectivity index (χ2v) is 6.27. The van der Waals surface area contributed by atoms with Gasteiger partial charge in [0.25, 0.3) is 5.91 Å². The van der Waals surface area contributed by atoms with E-state index in [4.69, 9.17) is 4.74 Å². The molecule has 3 rings (SSSR count). The quantitative estimate of drug-likeness (QED) is 0.890. The number of hydrogen-bond donors (Lipinski definition) is 2. The highest BCUT2D eigenvalue weighted by Crippen LogP contribution is 2.26. The van der Waals surface area contributed by atoms with Gasteiger partial charge in [0.1, 0.15) is 11.8 Å². The Hall–Kier alpha value is -2.30. The third kappa shape index (κ3) is 4.34. The van der Waals surface area contributed by atoms with Gasteiger partial charge >= 0.3 is 0 Å². The molecule has 1 fully saturated rings. The van der Waals surface area contributed by atoms with E-state index in [2.05, 4.69) is 22.2 Å². The first-order valence-corrected chi connectivity index (χ1v) is 8.24. The molecule has 1 aliphatic carbocycles. The molecule has 5 nitrogen and oxygen atoms in total. The first kappa shape index (κ1) is 15.6. The van der Waals surface area contributed by atoms with Crippen molar-refractivity contribution in [2.24, 2.45) is 5.92 Å². The number of hydrogen-bond acceptors (Lipinski definition) is 3. The fourth-order valence-electron chi connectivity index (χ4n) is 2.89. The Morgan fingerprint density at radius 1 is 1.35 bits per heavy atom. The van der Waals surface area contributed by atoms with Crippen molar-refractivity contribution in [3.63, 3.8) is 0 Å². The van der Waals surface area contributed by atoms with Crippen LogP contribution in [0.1, 0.15) is 48.7 Å². The number of aromatic amines is 1. The molecule has 0 aromatic carbocycles. The van der Waals surface area contributed by atoms with Crippen LogP contribution in [0.5, 0.6) is 5.88 Å². The third-order valence-corrected chi connectivity index (χ3v) is 4.35. The van der Waals surface area contributed by atoms with Crippen LogP contribution in [-0.2, 0) is 6.54 Å². The topological polar surface area (TPSA) is 67.0 Å². The lowest BCUT2D eigenvalue weighted by atomic mass is 9.89. The number of nitrogens with one attached hydrogen (secondary N) is 2. The maximum absolute atomic E-state index is 11.9. The summed E-state index contributed by atoms with van der Waals surface area (Å²) in [6.07, 6.45) is 8.36. The van der Waals surface area contributed by atoms with Gasteiger partial charge in [-0.25, -0.2) is 4.98 Å². The summed E-state index contributed by atoms with van der Waals surface area (Å²) < 4.78 is 5.99. The zero-order valence-electron chi connectivity index (χ0n) is 13.4. The van der Waals surface area contributed by atoms with Gasteiger partial charge in [-0.2, -0.15) is 0 Å². The van der Waals surface area contributed by atoms with E-state index in [1.165, 1.54) is 12.8 Å². The van der Waals surface area contributed by atoms with E-state index >= 15 is 0 Å². The Kier molecular flexibility index (Phi) is 4.95. The molecule has 2 heterocycles. The lowest BCUT2D eigenvalue weighted by molar-refractivity contribution is 0.0946. The lowest BCUT2D eigenvalue weighted by Gasteiger charge is -2.26. The Morgan fingerprint density at radius 2 is 2.17 bits per heavy atom. The molecule has 2 aromatic heterocycles. The van der Waals surface area contributed by atoms with Gasteiger partial charge in [-0.3, -0.25) is 4.79 Å². The van der Waals surface area contributed by atoms with Gasteiger partial charge in [0.2, 0.25) is 5.88 Å². The highest BCUT2D eigenvalue weighted by Gasteiger charge is 2.19. The Morgan fingerprint density at radius 3 is 2.91 bits per heavy atom. The maximum Gasteiger partial charge on any atom is 0.267 e. The number of carbonyl (C=O) groups is 1. The minimum atomic E-state index is -0.115. The lowest BCUT2D eigenvalue weighted by Crippen LogP contribution is -2.24. The van der Waals surface area contributed by atoms with E-state index in [1.54, 1.807) is 24.5 Å². The molecule has 0 unspecified atom stereocenters. The van der Waals surface area contributed by atoms with E-state index in [-0.39, 0.29) is 12.0 Å². The van der Waals surface area contributed by atoms with Gasteiger partial charge < -0.3 is 15.0 Å². The fourth-order valence-corrected chi connectivity index (χ4v) is 2.89. The van der Waals surface area contributed by atoms with Gasteiger partial charge in [0, 0.05) is 25.0 Å². The molecule has 122 valence electrons. The normalized spacial score (nSPS) is 20.9. The predicted molar refractivity (Wildman–Crippen MR) is 88.2 cm³/mol. The van der Waals surface area contributed by atoms with Gasteiger partial charge in [-0.1, -0.05) is 6.92 Å². The van der Waals surface area contributed by atoms with Crippen LogP contribution >= 0.6 is 0 Å². The number of amides is 1. The molecule has 0 aliphatic heterocycles. The summed E-state index contributed by atoms with van der Waals surface area (Å²) in [7, 11) is 0. The van der Waals surface area contributed by atoms with Crippen LogP contribution < -0.4 is 10.1 Å². The Bertz CT molecular complexity index is 631. The molecule has 0 radical (unpaired) electrons. The summed E-state index contributed by atoms with van der Waals surface area (Å²) in [6, 6.07) is 7.36. The molecule has 1 saturated carbocycles. The molecule has 1 amide bonds. The van der Waals surface area contributed by atoms with E-state index in [1.807, 2.05) is 12.1 Å². The largest absolute Gasteiger partial charge is 0.474 e. The summed E-state index contributed by atoms with van der Waals surface area (Å²) >= 11 is 0. The minimum absolute atomic E-state index is 0.115. The molecule has 0 atom stereocenters. The third-order valence-electron chi connectivity index (χ3n) is 4.35. The van der Waals surface area contributed by atoms with Gasteiger partial charge in [-0.05, 0) is 55.4 Å². The molecule has 2 N–H and O–H groups in total. The highest BCUT2D eigenvalue weighted by molar-refractivity contribution is 5.92. The number of H-pyrrole nitrogens is 1. The number of rotatable bonds is 5. The van der Waals surface area contributed by atoms with Crippen LogP contribution in [0, 0.1) is 5.92 Å². The van der Waals surface area contributed by atoms with E-state index < -0.39 is 0 Å². The van der Waals surface area contributed by atoms with E-state index in [0.717, 1.165) is 24.3 Å². The number of carbonyl (C=O) groups excluding carboxylic acids is 1. The second kappa shape index (κ2) is 7.31. The molecular formula is C18H23N3O2. The monoisotopic (exact) mass is 313 g/mol. The van der Waals surface area contributed by atoms with Crippen molar-refractivity contribution >= 4 is 5.91 Å². The molecule has 0 saturated heterocycles. The first-order chi connectivity index (χ1) is 11.2. The Labute approximate surface area is 136 Å². The van der Waals surface area contributed by atoms with Crippen LogP contribution in [0.25, 0.3) is 0 Å². The van der Waals surface area contributed by atoms with Crippen molar-refractivity contribution < 1.29 is 9.53 Å². The van der Waals surface area contributed by atoms with Crippen molar-refractivity contribution in [2.75, 3.05) is 0 Å². The average molecular weight is 313 g/mol. The van der Waals surface area contributed by atoms with Crippen LogP contribution in [0.4, 0.5) is 0 Å². The highest BCUT2D eigenvalue weighted by atomic mass is 16.5. The molecule has 1 aliphatic rings. The fraction of sp³-hybridized carbons (Fsp3) is 0.444. The number of nitrogens with zero attached hydrogens (tertiary/aromatic N) is 1. The SMILES string of the molecule is CC1CCC(Oc2cc(CNC(=O)c3ccc[nH]3)ccn2)CC1. The number of ether oxygens (including phenoxy) is 1. The maximum atomic E-state index is 11.9. The smallest absolute Gasteiger partial charge is 0.267 e. The molecule has 2 aromatic rings. The van der Waals surface area contributed by atoms with Crippen LogP contribution in [0.15, 0.2) is 36.7 Å². The predicted octanol–water partition coefficient (Wildman–Crippen LogP) is 3.30. The first-order valence-electron chi connectivity index (χ1n) is 8.24. The van der Waals surface area contributed by atoms with Crippen molar-refractivity contribution in [3.05, 3.63) is 47.9 Å². The summed E-state index contributed by atoms with van der Waals surface area (Å²) in [5.41, 5.74) is 1.55. The zero-order chi connectivity index (χ0) is 16.1. The molecular weight excluding hydrogens is 290 g/mol. The molecule has 23 heavy (non-hydrogen) atoms. The van der Waals surface area contributed by atoms with Crippen molar-refractivity contribution in [3.8, 4) is 5.88 Å². The summed E-state index contributed by atoms with van der Waals surface area (Å²) in [5, 5.41) is 2.88. The summed E-state index contributed by atoms with van der Waals surface area (Å²) in [6.45, 7) is 2.75. The number of pyridine rings is 1. The summed E-state index contributed by atoms with van der Waals surface area (Å²) in [4.78, 5) is 19.1. The zero-order valence-corrected chi connectivity index (χ0v) is 13.4. The van der Waals surface area contributed by atoms with Crippen molar-refractivity contribution in [2.45, 2.75) is 45.3 Å². The minimum Gasteiger partial charge on any atom is -0.474 e. The molecule has 5 heteroatoms. The Balaban J connectivity index is 1.54. The van der Waals surface area contributed by atoms with Gasteiger partial charge in [-0.15, -0.1) is 0 Å². The van der Waals surface area contributed by atoms with E-state index in [0.29, 0.717) is 18.1 Å². The van der Waals surface area contributed by atoms with E-state index in [9.17, 15) is 4.79 Å². The van der Waals surface area contributed by atoms with Gasteiger partial charge in [0.15, 0.2) is 0 Å². The molecule has 0 bridgehead atoms.